The molecular weight excluding hydrogens is 268 g/mol. The molecular formula is C15H22N4S. The predicted molar refractivity (Wildman–Crippen MR) is 85.4 cm³/mol. The maximum absolute atomic E-state index is 5.99. The Morgan fingerprint density at radius 2 is 2.25 bits per heavy atom. The Morgan fingerprint density at radius 1 is 1.35 bits per heavy atom. The van der Waals surface area contributed by atoms with Gasteiger partial charge < -0.3 is 10.6 Å². The van der Waals surface area contributed by atoms with Gasteiger partial charge in [0.05, 0.1) is 5.39 Å². The summed E-state index contributed by atoms with van der Waals surface area (Å²) in [6.45, 7) is 3.95. The minimum absolute atomic E-state index is 0.417. The number of fused-ring (bicyclic) bond motifs is 1. The standard InChI is InChI=1S/C15H22N4S/c1-2-12-8-13-14(17-10-18-15(13)20-12)19-7-5-3-4-6-11(19)9-16/h8,10-11H,2-7,9,16H2,1H3. The van der Waals surface area contributed by atoms with Crippen molar-refractivity contribution in [3.05, 3.63) is 17.3 Å². The van der Waals surface area contributed by atoms with Gasteiger partial charge in [0.1, 0.15) is 17.0 Å². The second-order valence-electron chi connectivity index (χ2n) is 5.41. The van der Waals surface area contributed by atoms with Crippen molar-refractivity contribution in [2.75, 3.05) is 18.0 Å². The van der Waals surface area contributed by atoms with Crippen LogP contribution in [0.1, 0.15) is 37.5 Å². The molecule has 1 atom stereocenters. The first kappa shape index (κ1) is 13.8. The zero-order valence-electron chi connectivity index (χ0n) is 12.0. The number of aromatic nitrogens is 2. The zero-order chi connectivity index (χ0) is 13.9. The maximum Gasteiger partial charge on any atom is 0.141 e. The normalized spacial score (nSPS) is 20.3. The molecule has 1 fully saturated rings. The van der Waals surface area contributed by atoms with Gasteiger partial charge in [-0.1, -0.05) is 19.8 Å². The van der Waals surface area contributed by atoms with Crippen LogP contribution in [-0.2, 0) is 6.42 Å². The predicted octanol–water partition coefficient (Wildman–Crippen LogP) is 2.96. The summed E-state index contributed by atoms with van der Waals surface area (Å²) in [6.07, 6.45) is 7.73. The third-order valence-electron chi connectivity index (χ3n) is 4.13. The highest BCUT2D eigenvalue weighted by Crippen LogP contribution is 2.32. The molecule has 0 aliphatic carbocycles. The van der Waals surface area contributed by atoms with Gasteiger partial charge in [0.15, 0.2) is 0 Å². The molecule has 0 amide bonds. The maximum atomic E-state index is 5.99. The molecule has 3 rings (SSSR count). The van der Waals surface area contributed by atoms with Crippen molar-refractivity contribution in [2.45, 2.75) is 45.1 Å². The van der Waals surface area contributed by atoms with Crippen LogP contribution in [0.4, 0.5) is 5.82 Å². The molecule has 0 bridgehead atoms. The van der Waals surface area contributed by atoms with Gasteiger partial charge in [-0.15, -0.1) is 11.3 Å². The van der Waals surface area contributed by atoms with E-state index in [0.717, 1.165) is 23.6 Å². The van der Waals surface area contributed by atoms with E-state index in [9.17, 15) is 0 Å². The Labute approximate surface area is 124 Å². The molecule has 108 valence electrons. The molecule has 3 heterocycles. The second-order valence-corrected chi connectivity index (χ2v) is 6.53. The van der Waals surface area contributed by atoms with Gasteiger partial charge in [-0.2, -0.15) is 0 Å². The minimum atomic E-state index is 0.417. The first-order valence-corrected chi connectivity index (χ1v) is 8.35. The van der Waals surface area contributed by atoms with E-state index in [1.165, 1.54) is 35.9 Å². The molecule has 1 aliphatic heterocycles. The fourth-order valence-electron chi connectivity index (χ4n) is 3.00. The molecule has 1 aliphatic rings. The lowest BCUT2D eigenvalue weighted by Crippen LogP contribution is -2.40. The largest absolute Gasteiger partial charge is 0.352 e. The average molecular weight is 290 g/mol. The minimum Gasteiger partial charge on any atom is -0.352 e. The Hall–Kier alpha value is -1.20. The first-order valence-electron chi connectivity index (χ1n) is 7.53. The van der Waals surface area contributed by atoms with Gasteiger partial charge in [-0.05, 0) is 25.3 Å². The lowest BCUT2D eigenvalue weighted by molar-refractivity contribution is 0.577. The molecule has 2 N–H and O–H groups in total. The van der Waals surface area contributed by atoms with Crippen molar-refractivity contribution in [1.29, 1.82) is 0 Å². The number of rotatable bonds is 3. The highest BCUT2D eigenvalue weighted by Gasteiger charge is 2.23. The van der Waals surface area contributed by atoms with E-state index in [1.807, 2.05) is 0 Å². The zero-order valence-corrected chi connectivity index (χ0v) is 12.8. The highest BCUT2D eigenvalue weighted by molar-refractivity contribution is 7.18. The van der Waals surface area contributed by atoms with Gasteiger partial charge in [0.2, 0.25) is 0 Å². The van der Waals surface area contributed by atoms with Gasteiger partial charge in [0, 0.05) is 24.0 Å². The lowest BCUT2D eigenvalue weighted by Gasteiger charge is -2.30. The van der Waals surface area contributed by atoms with Crippen molar-refractivity contribution in [1.82, 2.24) is 9.97 Å². The first-order chi connectivity index (χ1) is 9.83. The third-order valence-corrected chi connectivity index (χ3v) is 5.32. The fraction of sp³-hybridized carbons (Fsp3) is 0.600. The van der Waals surface area contributed by atoms with Crippen molar-refractivity contribution in [2.24, 2.45) is 5.73 Å². The van der Waals surface area contributed by atoms with Gasteiger partial charge in [0.25, 0.3) is 0 Å². The number of anilines is 1. The summed E-state index contributed by atoms with van der Waals surface area (Å²) >= 11 is 1.78. The van der Waals surface area contributed by atoms with E-state index in [1.54, 1.807) is 17.7 Å². The molecule has 5 heteroatoms. The van der Waals surface area contributed by atoms with E-state index >= 15 is 0 Å². The second kappa shape index (κ2) is 6.06. The Kier molecular flexibility index (Phi) is 4.17. The van der Waals surface area contributed by atoms with E-state index < -0.39 is 0 Å². The van der Waals surface area contributed by atoms with E-state index in [4.69, 9.17) is 5.73 Å². The van der Waals surface area contributed by atoms with Crippen LogP contribution in [0, 0.1) is 0 Å². The number of hydrogen-bond donors (Lipinski definition) is 1. The topological polar surface area (TPSA) is 55.0 Å². The third kappa shape index (κ3) is 2.52. The van der Waals surface area contributed by atoms with Gasteiger partial charge in [-0.25, -0.2) is 9.97 Å². The molecule has 0 spiro atoms. The number of hydrogen-bond acceptors (Lipinski definition) is 5. The van der Waals surface area contributed by atoms with Crippen LogP contribution in [0.25, 0.3) is 10.2 Å². The molecule has 2 aromatic rings. The van der Waals surface area contributed by atoms with E-state index in [2.05, 4.69) is 27.9 Å². The summed E-state index contributed by atoms with van der Waals surface area (Å²) in [5, 5.41) is 1.20. The molecule has 1 saturated heterocycles. The summed E-state index contributed by atoms with van der Waals surface area (Å²) < 4.78 is 0. The summed E-state index contributed by atoms with van der Waals surface area (Å²) in [7, 11) is 0. The molecule has 2 aromatic heterocycles. The lowest BCUT2D eigenvalue weighted by atomic mass is 10.1. The van der Waals surface area contributed by atoms with Crippen molar-refractivity contribution < 1.29 is 0 Å². The SMILES string of the molecule is CCc1cc2c(N3CCCCCC3CN)ncnc2s1. The summed E-state index contributed by atoms with van der Waals surface area (Å²) in [6, 6.07) is 2.67. The molecule has 0 aromatic carbocycles. The average Bonchev–Trinajstić information content (AvgIpc) is 2.77. The molecule has 1 unspecified atom stereocenters. The summed E-state index contributed by atoms with van der Waals surface area (Å²) in [4.78, 5) is 13.9. The fourth-order valence-corrected chi connectivity index (χ4v) is 3.93. The summed E-state index contributed by atoms with van der Waals surface area (Å²) in [5.74, 6) is 1.09. The van der Waals surface area contributed by atoms with Gasteiger partial charge >= 0.3 is 0 Å². The smallest absolute Gasteiger partial charge is 0.141 e. The highest BCUT2D eigenvalue weighted by atomic mass is 32.1. The monoisotopic (exact) mass is 290 g/mol. The van der Waals surface area contributed by atoms with Crippen molar-refractivity contribution >= 4 is 27.4 Å². The van der Waals surface area contributed by atoms with Crippen LogP contribution >= 0.6 is 11.3 Å². The summed E-state index contributed by atoms with van der Waals surface area (Å²) in [5.41, 5.74) is 5.99. The van der Waals surface area contributed by atoms with Crippen LogP contribution in [0.15, 0.2) is 12.4 Å². The Bertz CT molecular complexity index is 580. The Morgan fingerprint density at radius 3 is 3.05 bits per heavy atom. The van der Waals surface area contributed by atoms with Crippen LogP contribution < -0.4 is 10.6 Å². The van der Waals surface area contributed by atoms with E-state index in [0.29, 0.717) is 12.6 Å². The molecule has 4 nitrogen and oxygen atoms in total. The van der Waals surface area contributed by atoms with Crippen LogP contribution in [0.5, 0.6) is 0 Å². The Balaban J connectivity index is 2.04. The number of nitrogens with zero attached hydrogens (tertiary/aromatic N) is 3. The quantitative estimate of drug-likeness (QED) is 0.944. The van der Waals surface area contributed by atoms with Crippen molar-refractivity contribution in [3.63, 3.8) is 0 Å². The van der Waals surface area contributed by atoms with Crippen LogP contribution in [0.3, 0.4) is 0 Å². The molecule has 0 saturated carbocycles. The van der Waals surface area contributed by atoms with Crippen molar-refractivity contribution in [3.8, 4) is 0 Å². The molecule has 0 radical (unpaired) electrons. The van der Waals surface area contributed by atoms with Crippen LogP contribution in [0.2, 0.25) is 0 Å². The molecule has 20 heavy (non-hydrogen) atoms. The number of thiophene rings is 1. The van der Waals surface area contributed by atoms with E-state index in [-0.39, 0.29) is 0 Å². The number of nitrogens with two attached hydrogens (primary N) is 1. The van der Waals surface area contributed by atoms with Gasteiger partial charge in [-0.3, -0.25) is 0 Å². The van der Waals surface area contributed by atoms with Crippen LogP contribution in [-0.4, -0.2) is 29.1 Å². The number of aryl methyl sites for hydroxylation is 1.